The van der Waals surface area contributed by atoms with Crippen molar-refractivity contribution in [3.05, 3.63) is 63.1 Å². The maximum absolute atomic E-state index is 11.4. The number of benzene rings is 2. The van der Waals surface area contributed by atoms with Gasteiger partial charge in [0.25, 0.3) is 0 Å². The first-order chi connectivity index (χ1) is 13.9. The third kappa shape index (κ3) is 3.63. The number of hydrogen-bond acceptors (Lipinski definition) is 3. The van der Waals surface area contributed by atoms with Crippen LogP contribution in [0, 0.1) is 10.8 Å². The molecule has 2 fully saturated rings. The smallest absolute Gasteiger partial charge is 0.310 e. The van der Waals surface area contributed by atoms with Crippen LogP contribution in [0.4, 0.5) is 0 Å². The molecule has 2 aliphatic carbocycles. The number of carbonyl (C=O) groups is 1. The number of halogens is 2. The van der Waals surface area contributed by atoms with Gasteiger partial charge in [-0.2, -0.15) is 0 Å². The van der Waals surface area contributed by atoms with E-state index in [1.165, 1.54) is 11.1 Å². The molecule has 1 saturated carbocycles. The number of aliphatic carboxylic acids is 1. The van der Waals surface area contributed by atoms with Gasteiger partial charge in [0.2, 0.25) is 0 Å². The van der Waals surface area contributed by atoms with Crippen LogP contribution >= 0.6 is 23.2 Å². The van der Waals surface area contributed by atoms with Gasteiger partial charge in [0.1, 0.15) is 12.4 Å². The van der Waals surface area contributed by atoms with E-state index in [4.69, 9.17) is 27.9 Å². The Bertz CT molecular complexity index is 980. The summed E-state index contributed by atoms with van der Waals surface area (Å²) in [4.78, 5) is 13.8. The molecular weight excluding hydrogens is 409 g/mol. The number of nitrogens with zero attached hydrogens (tertiary/aromatic N) is 1. The van der Waals surface area contributed by atoms with Gasteiger partial charge in [-0.1, -0.05) is 35.3 Å². The zero-order valence-electron chi connectivity index (χ0n) is 16.1. The fraction of sp³-hybridized carbons (Fsp3) is 0.435. The lowest BCUT2D eigenvalue weighted by Gasteiger charge is -2.49. The molecule has 0 bridgehead atoms. The van der Waals surface area contributed by atoms with E-state index >= 15 is 0 Å². The molecule has 0 radical (unpaired) electrons. The molecular formula is C23H23Cl2NO3. The largest absolute Gasteiger partial charge is 0.489 e. The number of ether oxygens (including phenoxy) is 1. The van der Waals surface area contributed by atoms with Gasteiger partial charge in [0.05, 0.1) is 5.41 Å². The number of carboxylic acids is 1. The molecule has 1 spiro atoms. The summed E-state index contributed by atoms with van der Waals surface area (Å²) in [5.41, 5.74) is 3.46. The van der Waals surface area contributed by atoms with E-state index in [1.807, 2.05) is 18.2 Å². The summed E-state index contributed by atoms with van der Waals surface area (Å²) in [6, 6.07) is 11.8. The minimum Gasteiger partial charge on any atom is -0.489 e. The Morgan fingerprint density at radius 3 is 2.52 bits per heavy atom. The quantitative estimate of drug-likeness (QED) is 0.710. The summed E-state index contributed by atoms with van der Waals surface area (Å²) in [7, 11) is 0. The van der Waals surface area contributed by atoms with E-state index in [0.717, 1.165) is 50.1 Å². The first-order valence-corrected chi connectivity index (χ1v) is 10.8. The SMILES string of the molecule is O=C(O)C1(CN2CC3(Cc4ccc(OCc5ccc(Cl)cc5Cl)cc4C3)C2)CC1. The van der Waals surface area contributed by atoms with Crippen LogP contribution in [0.15, 0.2) is 36.4 Å². The van der Waals surface area contributed by atoms with E-state index in [0.29, 0.717) is 23.2 Å². The van der Waals surface area contributed by atoms with Gasteiger partial charge in [-0.25, -0.2) is 0 Å². The normalized spacial score (nSPS) is 20.9. The first-order valence-electron chi connectivity index (χ1n) is 10.0. The van der Waals surface area contributed by atoms with Crippen molar-refractivity contribution in [3.8, 4) is 5.75 Å². The third-order valence-electron chi connectivity index (χ3n) is 6.67. The minimum atomic E-state index is -0.629. The van der Waals surface area contributed by atoms with Crippen molar-refractivity contribution in [2.75, 3.05) is 19.6 Å². The molecule has 6 heteroatoms. The zero-order chi connectivity index (χ0) is 20.2. The Morgan fingerprint density at radius 2 is 1.83 bits per heavy atom. The second kappa shape index (κ2) is 6.90. The molecule has 1 aliphatic heterocycles. The summed E-state index contributed by atoms with van der Waals surface area (Å²) in [6.07, 6.45) is 3.76. The van der Waals surface area contributed by atoms with Crippen molar-refractivity contribution < 1.29 is 14.6 Å². The standard InChI is InChI=1S/C23H23Cl2NO3/c24-18-3-1-16(20(25)8-18)11-29-19-4-2-15-9-22(10-17(15)7-19)12-26(13-22)14-23(5-6-23)21(27)28/h1-4,7-8H,5-6,9-14H2,(H,27,28). The summed E-state index contributed by atoms with van der Waals surface area (Å²) in [6.45, 7) is 3.10. The molecule has 0 atom stereocenters. The lowest BCUT2D eigenvalue weighted by atomic mass is 9.76. The van der Waals surface area contributed by atoms with Crippen LogP contribution in [0.3, 0.4) is 0 Å². The molecule has 0 unspecified atom stereocenters. The second-order valence-corrected chi connectivity index (χ2v) is 9.88. The van der Waals surface area contributed by atoms with Gasteiger partial charge in [0.15, 0.2) is 0 Å². The molecule has 0 aromatic heterocycles. The molecule has 1 heterocycles. The highest BCUT2D eigenvalue weighted by Crippen LogP contribution is 2.51. The fourth-order valence-corrected chi connectivity index (χ4v) is 5.42. The Hall–Kier alpha value is -1.75. The van der Waals surface area contributed by atoms with Crippen LogP contribution < -0.4 is 4.74 Å². The molecule has 152 valence electrons. The molecule has 1 saturated heterocycles. The van der Waals surface area contributed by atoms with Gasteiger partial charge in [0, 0.05) is 40.7 Å². The zero-order valence-corrected chi connectivity index (χ0v) is 17.6. The molecule has 0 amide bonds. The van der Waals surface area contributed by atoms with Crippen LogP contribution in [-0.2, 0) is 24.2 Å². The molecule has 2 aromatic carbocycles. The molecule has 3 aliphatic rings. The molecule has 2 aromatic rings. The first kappa shape index (κ1) is 19.2. The second-order valence-electron chi connectivity index (χ2n) is 9.04. The maximum atomic E-state index is 11.4. The summed E-state index contributed by atoms with van der Waals surface area (Å²) in [5, 5.41) is 10.6. The molecule has 5 rings (SSSR count). The highest BCUT2D eigenvalue weighted by Gasteiger charge is 2.55. The Morgan fingerprint density at radius 1 is 1.07 bits per heavy atom. The lowest BCUT2D eigenvalue weighted by Crippen LogP contribution is -2.58. The fourth-order valence-electron chi connectivity index (χ4n) is 4.96. The van der Waals surface area contributed by atoms with Crippen molar-refractivity contribution >= 4 is 29.2 Å². The molecule has 1 N–H and O–H groups in total. The van der Waals surface area contributed by atoms with E-state index in [9.17, 15) is 9.90 Å². The lowest BCUT2D eigenvalue weighted by molar-refractivity contribution is -0.145. The Balaban J connectivity index is 1.20. The van der Waals surface area contributed by atoms with Crippen molar-refractivity contribution in [2.45, 2.75) is 32.3 Å². The number of carboxylic acid groups (broad SMARTS) is 1. The number of likely N-dealkylation sites (tertiary alicyclic amines) is 1. The molecule has 29 heavy (non-hydrogen) atoms. The summed E-state index contributed by atoms with van der Waals surface area (Å²) < 4.78 is 5.98. The van der Waals surface area contributed by atoms with Gasteiger partial charge in [-0.3, -0.25) is 4.79 Å². The van der Waals surface area contributed by atoms with E-state index in [2.05, 4.69) is 17.0 Å². The number of hydrogen-bond donors (Lipinski definition) is 1. The third-order valence-corrected chi connectivity index (χ3v) is 7.26. The van der Waals surface area contributed by atoms with Crippen molar-refractivity contribution in [2.24, 2.45) is 10.8 Å². The highest BCUT2D eigenvalue weighted by atomic mass is 35.5. The number of fused-ring (bicyclic) bond motifs is 1. The monoisotopic (exact) mass is 431 g/mol. The van der Waals surface area contributed by atoms with Gasteiger partial charge in [-0.15, -0.1) is 0 Å². The van der Waals surface area contributed by atoms with Crippen molar-refractivity contribution in [1.29, 1.82) is 0 Å². The Labute approximate surface area is 180 Å². The van der Waals surface area contributed by atoms with Crippen molar-refractivity contribution in [1.82, 2.24) is 4.90 Å². The van der Waals surface area contributed by atoms with Gasteiger partial charge < -0.3 is 14.7 Å². The average molecular weight is 432 g/mol. The van der Waals surface area contributed by atoms with Crippen LogP contribution in [-0.4, -0.2) is 35.6 Å². The predicted molar refractivity (Wildman–Crippen MR) is 113 cm³/mol. The van der Waals surface area contributed by atoms with Crippen LogP contribution in [0.2, 0.25) is 10.0 Å². The Kier molecular flexibility index (Phi) is 4.57. The van der Waals surface area contributed by atoms with Crippen LogP contribution in [0.25, 0.3) is 0 Å². The summed E-state index contributed by atoms with van der Waals surface area (Å²) in [5.74, 6) is 0.224. The maximum Gasteiger partial charge on any atom is 0.310 e. The predicted octanol–water partition coefficient (Wildman–Crippen LogP) is 4.84. The van der Waals surface area contributed by atoms with Crippen LogP contribution in [0.1, 0.15) is 29.5 Å². The van der Waals surface area contributed by atoms with Gasteiger partial charge >= 0.3 is 5.97 Å². The molecule has 4 nitrogen and oxygen atoms in total. The minimum absolute atomic E-state index is 0.273. The highest BCUT2D eigenvalue weighted by molar-refractivity contribution is 6.35. The van der Waals surface area contributed by atoms with E-state index < -0.39 is 11.4 Å². The van der Waals surface area contributed by atoms with Gasteiger partial charge in [-0.05, 0) is 61.1 Å². The number of rotatable bonds is 6. The average Bonchev–Trinajstić information content (AvgIpc) is 3.33. The van der Waals surface area contributed by atoms with E-state index in [1.54, 1.807) is 6.07 Å². The van der Waals surface area contributed by atoms with Crippen LogP contribution in [0.5, 0.6) is 5.75 Å². The topological polar surface area (TPSA) is 49.8 Å². The van der Waals surface area contributed by atoms with Crippen molar-refractivity contribution in [3.63, 3.8) is 0 Å². The summed E-state index contributed by atoms with van der Waals surface area (Å²) >= 11 is 12.2. The van der Waals surface area contributed by atoms with E-state index in [-0.39, 0.29) is 5.41 Å².